The van der Waals surface area contributed by atoms with Crippen LogP contribution in [0.5, 0.6) is 5.75 Å². The third kappa shape index (κ3) is 3.74. The Kier molecular flexibility index (Phi) is 4.63. The van der Waals surface area contributed by atoms with Gasteiger partial charge in [0.25, 0.3) is 0 Å². The third-order valence-electron chi connectivity index (χ3n) is 3.05. The molecule has 2 rings (SSSR count). The number of benzene rings is 1. The molecule has 0 radical (unpaired) electrons. The molecular weight excluding hydrogens is 256 g/mol. The SMILES string of the molecule is CC(C)NCCc1c[nH]c2ccc(OCC(=O)O)cc12. The minimum atomic E-state index is -0.972. The summed E-state index contributed by atoms with van der Waals surface area (Å²) >= 11 is 0. The summed E-state index contributed by atoms with van der Waals surface area (Å²) in [6, 6.07) is 6.04. The highest BCUT2D eigenvalue weighted by Gasteiger charge is 2.06. The number of H-pyrrole nitrogens is 1. The van der Waals surface area contributed by atoms with Gasteiger partial charge in [0.2, 0.25) is 0 Å². The number of hydrogen-bond donors (Lipinski definition) is 3. The monoisotopic (exact) mass is 276 g/mol. The molecule has 1 aromatic carbocycles. The van der Waals surface area contributed by atoms with Gasteiger partial charge in [0.15, 0.2) is 6.61 Å². The minimum absolute atomic E-state index is 0.319. The lowest BCUT2D eigenvalue weighted by Crippen LogP contribution is -2.24. The summed E-state index contributed by atoms with van der Waals surface area (Å²) in [7, 11) is 0. The number of ether oxygens (including phenoxy) is 1. The summed E-state index contributed by atoms with van der Waals surface area (Å²) in [5.74, 6) is -0.391. The maximum absolute atomic E-state index is 10.5. The van der Waals surface area contributed by atoms with Crippen LogP contribution in [0.3, 0.4) is 0 Å². The number of aromatic amines is 1. The average Bonchev–Trinajstić information content (AvgIpc) is 2.79. The Hall–Kier alpha value is -2.01. The first-order valence-corrected chi connectivity index (χ1v) is 6.74. The van der Waals surface area contributed by atoms with E-state index in [1.165, 1.54) is 5.56 Å². The highest BCUT2D eigenvalue weighted by molar-refractivity contribution is 5.84. The van der Waals surface area contributed by atoms with Gasteiger partial charge in [-0.05, 0) is 36.7 Å². The van der Waals surface area contributed by atoms with Gasteiger partial charge in [-0.3, -0.25) is 0 Å². The molecule has 0 saturated carbocycles. The molecule has 1 aromatic heterocycles. The van der Waals surface area contributed by atoms with E-state index in [4.69, 9.17) is 9.84 Å². The summed E-state index contributed by atoms with van der Waals surface area (Å²) in [5, 5.41) is 13.1. The molecule has 0 saturated heterocycles. The van der Waals surface area contributed by atoms with Gasteiger partial charge < -0.3 is 20.1 Å². The van der Waals surface area contributed by atoms with Gasteiger partial charge in [0, 0.05) is 23.1 Å². The van der Waals surface area contributed by atoms with Crippen molar-refractivity contribution >= 4 is 16.9 Å². The number of hydrogen-bond acceptors (Lipinski definition) is 3. The third-order valence-corrected chi connectivity index (χ3v) is 3.05. The lowest BCUT2D eigenvalue weighted by Gasteiger charge is -2.07. The molecule has 0 bridgehead atoms. The summed E-state index contributed by atoms with van der Waals surface area (Å²) < 4.78 is 5.21. The first-order valence-electron chi connectivity index (χ1n) is 6.74. The van der Waals surface area contributed by atoms with Gasteiger partial charge in [0.05, 0.1) is 0 Å². The number of nitrogens with one attached hydrogen (secondary N) is 2. The van der Waals surface area contributed by atoms with Gasteiger partial charge in [-0.2, -0.15) is 0 Å². The lowest BCUT2D eigenvalue weighted by molar-refractivity contribution is -0.139. The Bertz CT molecular complexity index is 590. The second-order valence-electron chi connectivity index (χ2n) is 5.06. The second-order valence-corrected chi connectivity index (χ2v) is 5.06. The van der Waals surface area contributed by atoms with E-state index in [0.29, 0.717) is 11.8 Å². The van der Waals surface area contributed by atoms with Crippen molar-refractivity contribution in [2.75, 3.05) is 13.2 Å². The van der Waals surface area contributed by atoms with E-state index in [1.807, 2.05) is 18.3 Å². The van der Waals surface area contributed by atoms with Crippen molar-refractivity contribution in [1.29, 1.82) is 0 Å². The van der Waals surface area contributed by atoms with E-state index >= 15 is 0 Å². The van der Waals surface area contributed by atoms with Crippen LogP contribution in [0.2, 0.25) is 0 Å². The highest BCUT2D eigenvalue weighted by Crippen LogP contribution is 2.24. The zero-order valence-electron chi connectivity index (χ0n) is 11.8. The number of aliphatic carboxylic acids is 1. The molecule has 0 amide bonds. The van der Waals surface area contributed by atoms with Gasteiger partial charge in [0.1, 0.15) is 5.75 Å². The molecule has 108 valence electrons. The van der Waals surface area contributed by atoms with Crippen molar-refractivity contribution in [3.63, 3.8) is 0 Å². The average molecular weight is 276 g/mol. The van der Waals surface area contributed by atoms with E-state index in [-0.39, 0.29) is 6.61 Å². The molecule has 3 N–H and O–H groups in total. The number of rotatable bonds is 7. The molecule has 2 aromatic rings. The van der Waals surface area contributed by atoms with E-state index in [0.717, 1.165) is 23.9 Å². The molecule has 5 heteroatoms. The van der Waals surface area contributed by atoms with Crippen LogP contribution in [0.4, 0.5) is 0 Å². The number of fused-ring (bicyclic) bond motifs is 1. The molecule has 0 unspecified atom stereocenters. The van der Waals surface area contributed by atoms with E-state index in [1.54, 1.807) is 6.07 Å². The number of carboxylic acids is 1. The summed E-state index contributed by atoms with van der Waals surface area (Å²) in [5.41, 5.74) is 2.24. The zero-order valence-corrected chi connectivity index (χ0v) is 11.8. The smallest absolute Gasteiger partial charge is 0.341 e. The van der Waals surface area contributed by atoms with Crippen LogP contribution >= 0.6 is 0 Å². The van der Waals surface area contributed by atoms with Gasteiger partial charge in [-0.15, -0.1) is 0 Å². The Morgan fingerprint density at radius 1 is 1.45 bits per heavy atom. The maximum atomic E-state index is 10.5. The predicted octanol–water partition coefficient (Wildman–Crippen LogP) is 2.17. The summed E-state index contributed by atoms with van der Waals surface area (Å²) in [6.45, 7) is 4.82. The van der Waals surface area contributed by atoms with Gasteiger partial charge in [-0.25, -0.2) is 4.79 Å². The minimum Gasteiger partial charge on any atom is -0.482 e. The zero-order chi connectivity index (χ0) is 14.5. The Balaban J connectivity index is 2.10. The van der Waals surface area contributed by atoms with Gasteiger partial charge >= 0.3 is 5.97 Å². The van der Waals surface area contributed by atoms with Gasteiger partial charge in [-0.1, -0.05) is 13.8 Å². The van der Waals surface area contributed by atoms with Crippen molar-refractivity contribution in [2.45, 2.75) is 26.3 Å². The molecule has 0 atom stereocenters. The van der Waals surface area contributed by atoms with Crippen molar-refractivity contribution in [1.82, 2.24) is 10.3 Å². The first-order chi connectivity index (χ1) is 9.56. The normalized spacial score (nSPS) is 11.2. The second kappa shape index (κ2) is 6.43. The number of carbonyl (C=O) groups is 1. The van der Waals surface area contributed by atoms with Crippen LogP contribution < -0.4 is 10.1 Å². The number of carboxylic acid groups (broad SMARTS) is 1. The molecule has 0 aliphatic rings. The topological polar surface area (TPSA) is 74.3 Å². The maximum Gasteiger partial charge on any atom is 0.341 e. The van der Waals surface area contributed by atoms with Crippen LogP contribution in [0, 0.1) is 0 Å². The largest absolute Gasteiger partial charge is 0.482 e. The van der Waals surface area contributed by atoms with Crippen LogP contribution in [0.1, 0.15) is 19.4 Å². The van der Waals surface area contributed by atoms with E-state index in [9.17, 15) is 4.79 Å². The predicted molar refractivity (Wildman–Crippen MR) is 78.3 cm³/mol. The van der Waals surface area contributed by atoms with Crippen LogP contribution in [-0.4, -0.2) is 35.3 Å². The van der Waals surface area contributed by atoms with Crippen molar-refractivity contribution in [2.24, 2.45) is 0 Å². The standard InChI is InChI=1S/C15H20N2O3/c1-10(2)16-6-5-11-8-17-14-4-3-12(7-13(11)14)20-9-15(18)19/h3-4,7-8,10,16-17H,5-6,9H2,1-2H3,(H,18,19). The van der Waals surface area contributed by atoms with E-state index in [2.05, 4.69) is 24.1 Å². The Morgan fingerprint density at radius 3 is 2.95 bits per heavy atom. The number of aromatic nitrogens is 1. The van der Waals surface area contributed by atoms with Crippen molar-refractivity contribution < 1.29 is 14.6 Å². The van der Waals surface area contributed by atoms with E-state index < -0.39 is 5.97 Å². The summed E-state index contributed by atoms with van der Waals surface area (Å²) in [4.78, 5) is 13.7. The molecular formula is C15H20N2O3. The van der Waals surface area contributed by atoms with Crippen LogP contribution in [0.25, 0.3) is 10.9 Å². The molecule has 0 fully saturated rings. The fourth-order valence-electron chi connectivity index (χ4n) is 2.09. The molecule has 20 heavy (non-hydrogen) atoms. The molecule has 0 aliphatic heterocycles. The molecule has 0 aliphatic carbocycles. The Morgan fingerprint density at radius 2 is 2.25 bits per heavy atom. The summed E-state index contributed by atoms with van der Waals surface area (Å²) in [6.07, 6.45) is 2.91. The Labute approximate surface area is 117 Å². The van der Waals surface area contributed by atoms with Crippen molar-refractivity contribution in [3.05, 3.63) is 30.0 Å². The molecule has 1 heterocycles. The molecule has 0 spiro atoms. The van der Waals surface area contributed by atoms with Crippen LogP contribution in [-0.2, 0) is 11.2 Å². The first kappa shape index (κ1) is 14.4. The lowest BCUT2D eigenvalue weighted by atomic mass is 10.1. The molecule has 5 nitrogen and oxygen atoms in total. The van der Waals surface area contributed by atoms with Crippen LogP contribution in [0.15, 0.2) is 24.4 Å². The quantitative estimate of drug-likeness (QED) is 0.724. The fraction of sp³-hybridized carbons (Fsp3) is 0.400. The van der Waals surface area contributed by atoms with Crippen molar-refractivity contribution in [3.8, 4) is 5.75 Å². The highest BCUT2D eigenvalue weighted by atomic mass is 16.5. The fourth-order valence-corrected chi connectivity index (χ4v) is 2.09.